The molecule has 1 N–H and O–H groups in total. The second-order valence-electron chi connectivity index (χ2n) is 6.18. The molecule has 0 fully saturated rings. The van der Waals surface area contributed by atoms with E-state index in [1.165, 1.54) is 0 Å². The number of para-hydroxylation sites is 1. The van der Waals surface area contributed by atoms with E-state index >= 15 is 0 Å². The third kappa shape index (κ3) is 3.39. The highest BCUT2D eigenvalue weighted by Crippen LogP contribution is 2.28. The van der Waals surface area contributed by atoms with E-state index in [1.54, 1.807) is 6.20 Å². The van der Waals surface area contributed by atoms with Gasteiger partial charge in [-0.15, -0.1) is 0 Å². The lowest BCUT2D eigenvalue weighted by molar-refractivity contribution is -0.122. The third-order valence-electron chi connectivity index (χ3n) is 4.35. The Bertz CT molecular complexity index is 893. The number of amides is 1. The smallest absolute Gasteiger partial charge is 0.265 e. The fourth-order valence-electron chi connectivity index (χ4n) is 2.87. The van der Waals surface area contributed by atoms with Crippen molar-refractivity contribution < 1.29 is 14.3 Å². The first-order chi connectivity index (χ1) is 12.7. The summed E-state index contributed by atoms with van der Waals surface area (Å²) in [7, 11) is 1.92. The normalized spacial score (nSPS) is 15.2. The Morgan fingerprint density at radius 1 is 1.27 bits per heavy atom. The first kappa shape index (κ1) is 16.2. The molecule has 1 aliphatic heterocycles. The highest BCUT2D eigenvalue weighted by Gasteiger charge is 2.28. The standard InChI is InChI=1S/C20H19N3O3/c1-23-11-10-21-19(23)13-25-16-8-6-15(7-9-16)22-20(24)18-12-14-4-2-3-5-17(14)26-18/h2-11,18H,12-13H2,1H3,(H,22,24). The molecule has 6 nitrogen and oxygen atoms in total. The highest BCUT2D eigenvalue weighted by molar-refractivity contribution is 5.95. The summed E-state index contributed by atoms with van der Waals surface area (Å²) in [6, 6.07) is 15.0. The van der Waals surface area contributed by atoms with Crippen LogP contribution in [-0.2, 0) is 24.9 Å². The van der Waals surface area contributed by atoms with Gasteiger partial charge in [-0.2, -0.15) is 0 Å². The molecule has 0 saturated heterocycles. The topological polar surface area (TPSA) is 65.4 Å². The molecule has 26 heavy (non-hydrogen) atoms. The number of fused-ring (bicyclic) bond motifs is 1. The summed E-state index contributed by atoms with van der Waals surface area (Å²) in [6.07, 6.45) is 3.71. The molecule has 0 saturated carbocycles. The van der Waals surface area contributed by atoms with E-state index in [-0.39, 0.29) is 5.91 Å². The summed E-state index contributed by atoms with van der Waals surface area (Å²) in [4.78, 5) is 16.6. The molecule has 6 heteroatoms. The maximum atomic E-state index is 12.4. The largest absolute Gasteiger partial charge is 0.486 e. The molecule has 0 bridgehead atoms. The fourth-order valence-corrected chi connectivity index (χ4v) is 2.87. The molecule has 0 spiro atoms. The van der Waals surface area contributed by atoms with Crippen molar-refractivity contribution in [3.05, 3.63) is 72.3 Å². The minimum Gasteiger partial charge on any atom is -0.486 e. The Labute approximate surface area is 151 Å². The number of benzene rings is 2. The molecule has 1 aromatic heterocycles. The van der Waals surface area contributed by atoms with Crippen molar-refractivity contribution in [2.75, 3.05) is 5.32 Å². The minimum absolute atomic E-state index is 0.150. The van der Waals surface area contributed by atoms with Crippen LogP contribution in [-0.4, -0.2) is 21.6 Å². The molecule has 1 atom stereocenters. The van der Waals surface area contributed by atoms with Crippen molar-refractivity contribution in [2.45, 2.75) is 19.1 Å². The number of ether oxygens (including phenoxy) is 2. The number of nitrogens with one attached hydrogen (secondary N) is 1. The number of carbonyl (C=O) groups is 1. The first-order valence-corrected chi connectivity index (χ1v) is 8.43. The summed E-state index contributed by atoms with van der Waals surface area (Å²) < 4.78 is 13.3. The zero-order valence-corrected chi connectivity index (χ0v) is 14.4. The maximum Gasteiger partial charge on any atom is 0.265 e. The van der Waals surface area contributed by atoms with Gasteiger partial charge >= 0.3 is 0 Å². The van der Waals surface area contributed by atoms with Crippen LogP contribution in [0.4, 0.5) is 5.69 Å². The van der Waals surface area contributed by atoms with Gasteiger partial charge in [-0.1, -0.05) is 18.2 Å². The van der Waals surface area contributed by atoms with E-state index in [0.29, 0.717) is 18.7 Å². The number of aromatic nitrogens is 2. The van der Waals surface area contributed by atoms with Crippen LogP contribution in [0.1, 0.15) is 11.4 Å². The van der Waals surface area contributed by atoms with Gasteiger partial charge in [0, 0.05) is 31.5 Å². The lowest BCUT2D eigenvalue weighted by atomic mass is 10.1. The Morgan fingerprint density at radius 3 is 2.81 bits per heavy atom. The van der Waals surface area contributed by atoms with Gasteiger partial charge in [0.25, 0.3) is 5.91 Å². The predicted octanol–water partition coefficient (Wildman–Crippen LogP) is 2.94. The summed E-state index contributed by atoms with van der Waals surface area (Å²) in [5.74, 6) is 2.20. The molecular weight excluding hydrogens is 330 g/mol. The van der Waals surface area contributed by atoms with E-state index in [2.05, 4.69) is 10.3 Å². The number of imidazole rings is 1. The summed E-state index contributed by atoms with van der Waals surface area (Å²) in [5, 5.41) is 2.89. The quantitative estimate of drug-likeness (QED) is 0.769. The lowest BCUT2D eigenvalue weighted by Gasteiger charge is -2.12. The number of hydrogen-bond donors (Lipinski definition) is 1. The van der Waals surface area contributed by atoms with E-state index in [4.69, 9.17) is 9.47 Å². The van der Waals surface area contributed by atoms with Crippen molar-refractivity contribution in [1.82, 2.24) is 9.55 Å². The summed E-state index contributed by atoms with van der Waals surface area (Å²) >= 11 is 0. The number of hydrogen-bond acceptors (Lipinski definition) is 4. The number of rotatable bonds is 5. The van der Waals surface area contributed by atoms with E-state index in [1.807, 2.05) is 66.3 Å². The molecule has 2 aromatic carbocycles. The van der Waals surface area contributed by atoms with Crippen molar-refractivity contribution >= 4 is 11.6 Å². The molecule has 132 valence electrons. The zero-order chi connectivity index (χ0) is 17.9. The molecule has 4 rings (SSSR count). The van der Waals surface area contributed by atoms with Gasteiger partial charge in [0.05, 0.1) is 0 Å². The number of anilines is 1. The van der Waals surface area contributed by atoms with Crippen LogP contribution >= 0.6 is 0 Å². The molecule has 2 heterocycles. The number of nitrogens with zero attached hydrogens (tertiary/aromatic N) is 2. The molecule has 1 amide bonds. The second-order valence-corrected chi connectivity index (χ2v) is 6.18. The van der Waals surface area contributed by atoms with Gasteiger partial charge in [0.15, 0.2) is 6.10 Å². The Balaban J connectivity index is 1.33. The zero-order valence-electron chi connectivity index (χ0n) is 14.4. The highest BCUT2D eigenvalue weighted by atomic mass is 16.5. The van der Waals surface area contributed by atoms with Crippen LogP contribution in [0.2, 0.25) is 0 Å². The van der Waals surface area contributed by atoms with Crippen LogP contribution < -0.4 is 14.8 Å². The van der Waals surface area contributed by atoms with Crippen molar-refractivity contribution in [1.29, 1.82) is 0 Å². The molecule has 0 radical (unpaired) electrons. The molecule has 1 unspecified atom stereocenters. The van der Waals surface area contributed by atoms with Crippen LogP contribution in [0.5, 0.6) is 11.5 Å². The lowest BCUT2D eigenvalue weighted by Crippen LogP contribution is -2.31. The average molecular weight is 349 g/mol. The van der Waals surface area contributed by atoms with Crippen LogP contribution in [0.3, 0.4) is 0 Å². The van der Waals surface area contributed by atoms with Crippen molar-refractivity contribution in [3.63, 3.8) is 0 Å². The Morgan fingerprint density at radius 2 is 2.08 bits per heavy atom. The first-order valence-electron chi connectivity index (χ1n) is 8.43. The monoisotopic (exact) mass is 349 g/mol. The SMILES string of the molecule is Cn1ccnc1COc1ccc(NC(=O)C2Cc3ccccc3O2)cc1. The van der Waals surface area contributed by atoms with Crippen molar-refractivity contribution in [2.24, 2.45) is 7.05 Å². The van der Waals surface area contributed by atoms with Gasteiger partial charge in [-0.3, -0.25) is 4.79 Å². The van der Waals surface area contributed by atoms with Crippen molar-refractivity contribution in [3.8, 4) is 11.5 Å². The van der Waals surface area contributed by atoms with Gasteiger partial charge in [-0.05, 0) is 35.9 Å². The predicted molar refractivity (Wildman–Crippen MR) is 97.2 cm³/mol. The van der Waals surface area contributed by atoms with Gasteiger partial charge < -0.3 is 19.4 Å². The number of carbonyl (C=O) groups excluding carboxylic acids is 1. The molecular formula is C20H19N3O3. The summed E-state index contributed by atoms with van der Waals surface area (Å²) in [5.41, 5.74) is 1.77. The van der Waals surface area contributed by atoms with Crippen LogP contribution in [0.25, 0.3) is 0 Å². The average Bonchev–Trinajstić information content (AvgIpc) is 3.27. The second kappa shape index (κ2) is 6.92. The van der Waals surface area contributed by atoms with Crippen LogP contribution in [0, 0.1) is 0 Å². The van der Waals surface area contributed by atoms with E-state index < -0.39 is 6.10 Å². The molecule has 3 aromatic rings. The Kier molecular flexibility index (Phi) is 4.31. The number of aryl methyl sites for hydroxylation is 1. The maximum absolute atomic E-state index is 12.4. The third-order valence-corrected chi connectivity index (χ3v) is 4.35. The van der Waals surface area contributed by atoms with Crippen LogP contribution in [0.15, 0.2) is 60.9 Å². The van der Waals surface area contributed by atoms with E-state index in [0.717, 1.165) is 22.9 Å². The molecule has 1 aliphatic rings. The van der Waals surface area contributed by atoms with Gasteiger partial charge in [0.2, 0.25) is 0 Å². The molecule has 0 aliphatic carbocycles. The van der Waals surface area contributed by atoms with Gasteiger partial charge in [0.1, 0.15) is 23.9 Å². The minimum atomic E-state index is -0.494. The van der Waals surface area contributed by atoms with Gasteiger partial charge in [-0.25, -0.2) is 4.98 Å². The summed E-state index contributed by atoms with van der Waals surface area (Å²) in [6.45, 7) is 0.392. The van der Waals surface area contributed by atoms with E-state index in [9.17, 15) is 4.79 Å². The Hall–Kier alpha value is -3.28. The fraction of sp³-hybridized carbons (Fsp3) is 0.200.